The van der Waals surface area contributed by atoms with Gasteiger partial charge in [0.2, 0.25) is 11.8 Å². The fourth-order valence-corrected chi connectivity index (χ4v) is 2.36. The molecule has 0 aliphatic rings. The molecular weight excluding hydrogens is 318 g/mol. The van der Waals surface area contributed by atoms with Crippen LogP contribution >= 0.6 is 0 Å². The molecule has 2 aromatic carbocycles. The molecule has 25 heavy (non-hydrogen) atoms. The van der Waals surface area contributed by atoms with Crippen molar-refractivity contribution < 1.29 is 14.3 Å². The van der Waals surface area contributed by atoms with Gasteiger partial charge in [0.15, 0.2) is 0 Å². The molecule has 0 aliphatic heterocycles. The summed E-state index contributed by atoms with van der Waals surface area (Å²) in [6, 6.07) is 15.0. The summed E-state index contributed by atoms with van der Waals surface area (Å²) in [6.45, 7) is 2.40. The number of nitrogens with one attached hydrogen (secondary N) is 3. The third-order valence-corrected chi connectivity index (χ3v) is 3.53. The van der Waals surface area contributed by atoms with E-state index in [4.69, 9.17) is 4.74 Å². The van der Waals surface area contributed by atoms with Crippen molar-refractivity contribution in [1.82, 2.24) is 5.32 Å². The first-order valence-electron chi connectivity index (χ1n) is 8.08. The van der Waals surface area contributed by atoms with Gasteiger partial charge in [-0.2, -0.15) is 0 Å². The summed E-state index contributed by atoms with van der Waals surface area (Å²) in [5.41, 5.74) is 2.51. The molecule has 0 aliphatic carbocycles. The van der Waals surface area contributed by atoms with E-state index in [0.717, 1.165) is 22.7 Å². The molecule has 132 valence electrons. The van der Waals surface area contributed by atoms with Crippen molar-refractivity contribution in [1.29, 1.82) is 0 Å². The average molecular weight is 341 g/mol. The van der Waals surface area contributed by atoms with Gasteiger partial charge < -0.3 is 20.7 Å². The summed E-state index contributed by atoms with van der Waals surface area (Å²) in [5.74, 6) is 0.597. The zero-order chi connectivity index (χ0) is 18.1. The third-order valence-electron chi connectivity index (χ3n) is 3.53. The van der Waals surface area contributed by atoms with Crippen LogP contribution in [-0.2, 0) is 16.1 Å². The van der Waals surface area contributed by atoms with Crippen LogP contribution in [-0.4, -0.2) is 25.5 Å². The van der Waals surface area contributed by atoms with Gasteiger partial charge in [-0.3, -0.25) is 9.59 Å². The van der Waals surface area contributed by atoms with Crippen molar-refractivity contribution >= 4 is 23.2 Å². The van der Waals surface area contributed by atoms with Gasteiger partial charge in [0.1, 0.15) is 5.75 Å². The van der Waals surface area contributed by atoms with Crippen LogP contribution in [0, 0.1) is 0 Å². The van der Waals surface area contributed by atoms with E-state index in [0.29, 0.717) is 19.5 Å². The van der Waals surface area contributed by atoms with Crippen LogP contribution in [0.25, 0.3) is 0 Å². The maximum atomic E-state index is 12.0. The molecule has 0 bridgehead atoms. The lowest BCUT2D eigenvalue weighted by Gasteiger charge is -2.11. The normalized spacial score (nSPS) is 10.0. The summed E-state index contributed by atoms with van der Waals surface area (Å²) in [6.07, 6.45) is 0.347. The molecule has 2 amide bonds. The summed E-state index contributed by atoms with van der Waals surface area (Å²) in [4.78, 5) is 23.0. The zero-order valence-corrected chi connectivity index (χ0v) is 14.5. The number of hydrogen-bond acceptors (Lipinski definition) is 4. The Hall–Kier alpha value is -3.02. The number of rotatable bonds is 8. The highest BCUT2D eigenvalue weighted by atomic mass is 16.5. The highest BCUT2D eigenvalue weighted by Crippen LogP contribution is 2.17. The Bertz CT molecular complexity index is 731. The molecule has 0 radical (unpaired) electrons. The molecule has 6 nitrogen and oxygen atoms in total. The minimum absolute atomic E-state index is 0.0450. The van der Waals surface area contributed by atoms with Crippen molar-refractivity contribution in [2.24, 2.45) is 0 Å². The Morgan fingerprint density at radius 3 is 2.56 bits per heavy atom. The molecule has 3 N–H and O–H groups in total. The number of para-hydroxylation sites is 1. The number of carbonyl (C=O) groups is 2. The first-order valence-corrected chi connectivity index (χ1v) is 8.08. The van der Waals surface area contributed by atoms with Crippen LogP contribution in [0.4, 0.5) is 11.4 Å². The Labute approximate surface area is 147 Å². The predicted molar refractivity (Wildman–Crippen MR) is 98.7 cm³/mol. The van der Waals surface area contributed by atoms with Gasteiger partial charge in [-0.05, 0) is 24.3 Å². The van der Waals surface area contributed by atoms with Crippen LogP contribution in [0.5, 0.6) is 5.75 Å². The topological polar surface area (TPSA) is 79.5 Å². The lowest BCUT2D eigenvalue weighted by molar-refractivity contribution is -0.121. The SMILES string of the molecule is COc1ccccc1CNC(=O)CCNc1cccc(NC(C)=O)c1. The summed E-state index contributed by atoms with van der Waals surface area (Å²) in [7, 11) is 1.61. The fraction of sp³-hybridized carbons (Fsp3) is 0.263. The second-order valence-corrected chi connectivity index (χ2v) is 5.53. The van der Waals surface area contributed by atoms with Crippen LogP contribution in [0.1, 0.15) is 18.9 Å². The second-order valence-electron chi connectivity index (χ2n) is 5.53. The van der Waals surface area contributed by atoms with Crippen molar-refractivity contribution in [2.45, 2.75) is 19.9 Å². The summed E-state index contributed by atoms with van der Waals surface area (Å²) < 4.78 is 5.26. The van der Waals surface area contributed by atoms with Crippen LogP contribution in [0.15, 0.2) is 48.5 Å². The third kappa shape index (κ3) is 6.18. The molecule has 2 aromatic rings. The van der Waals surface area contributed by atoms with E-state index in [1.807, 2.05) is 48.5 Å². The molecule has 6 heteroatoms. The van der Waals surface area contributed by atoms with E-state index in [2.05, 4.69) is 16.0 Å². The molecule has 0 saturated heterocycles. The Morgan fingerprint density at radius 1 is 1.04 bits per heavy atom. The van der Waals surface area contributed by atoms with Gasteiger partial charge in [0.05, 0.1) is 7.11 Å². The molecule has 0 spiro atoms. The minimum atomic E-state index is -0.118. The number of methoxy groups -OCH3 is 1. The Balaban J connectivity index is 1.76. The predicted octanol–water partition coefficient (Wildman–Crippen LogP) is 2.77. The van der Waals surface area contributed by atoms with Gasteiger partial charge in [-0.15, -0.1) is 0 Å². The van der Waals surface area contributed by atoms with E-state index in [1.54, 1.807) is 7.11 Å². The molecule has 0 atom stereocenters. The second kappa shape index (κ2) is 9.32. The minimum Gasteiger partial charge on any atom is -0.496 e. The molecule has 0 unspecified atom stereocenters. The fourth-order valence-electron chi connectivity index (χ4n) is 2.36. The van der Waals surface area contributed by atoms with E-state index in [-0.39, 0.29) is 11.8 Å². The average Bonchev–Trinajstić information content (AvgIpc) is 2.60. The van der Waals surface area contributed by atoms with Gasteiger partial charge in [0.25, 0.3) is 0 Å². The quantitative estimate of drug-likeness (QED) is 0.690. The van der Waals surface area contributed by atoms with E-state index >= 15 is 0 Å². The van der Waals surface area contributed by atoms with E-state index < -0.39 is 0 Å². The molecule has 0 fully saturated rings. The number of carbonyl (C=O) groups excluding carboxylic acids is 2. The van der Waals surface area contributed by atoms with Gasteiger partial charge >= 0.3 is 0 Å². The van der Waals surface area contributed by atoms with Crippen molar-refractivity contribution in [3.8, 4) is 5.75 Å². The molecular formula is C19H23N3O3. The van der Waals surface area contributed by atoms with Crippen molar-refractivity contribution in [3.63, 3.8) is 0 Å². The van der Waals surface area contributed by atoms with Gasteiger partial charge in [-0.1, -0.05) is 24.3 Å². The smallest absolute Gasteiger partial charge is 0.222 e. The largest absolute Gasteiger partial charge is 0.496 e. The monoisotopic (exact) mass is 341 g/mol. The van der Waals surface area contributed by atoms with Crippen LogP contribution in [0.2, 0.25) is 0 Å². The molecule has 0 heterocycles. The van der Waals surface area contributed by atoms with Crippen molar-refractivity contribution in [3.05, 3.63) is 54.1 Å². The van der Waals surface area contributed by atoms with Gasteiger partial charge in [0, 0.05) is 43.4 Å². The standard InChI is InChI=1S/C19H23N3O3/c1-14(23)22-17-8-5-7-16(12-17)20-11-10-19(24)21-13-15-6-3-4-9-18(15)25-2/h3-9,12,20H,10-11,13H2,1-2H3,(H,21,24)(H,22,23). The lowest BCUT2D eigenvalue weighted by atomic mass is 10.2. The first-order chi connectivity index (χ1) is 12.1. The van der Waals surface area contributed by atoms with Crippen LogP contribution in [0.3, 0.4) is 0 Å². The number of anilines is 2. The first kappa shape index (κ1) is 18.3. The zero-order valence-electron chi connectivity index (χ0n) is 14.5. The van der Waals surface area contributed by atoms with Crippen molar-refractivity contribution in [2.75, 3.05) is 24.3 Å². The maximum Gasteiger partial charge on any atom is 0.222 e. The summed E-state index contributed by atoms with van der Waals surface area (Å²) in [5, 5.41) is 8.78. The molecule has 2 rings (SSSR count). The lowest BCUT2D eigenvalue weighted by Crippen LogP contribution is -2.25. The van der Waals surface area contributed by atoms with E-state index in [1.165, 1.54) is 6.92 Å². The van der Waals surface area contributed by atoms with Gasteiger partial charge in [-0.25, -0.2) is 0 Å². The highest BCUT2D eigenvalue weighted by molar-refractivity contribution is 5.89. The molecule has 0 saturated carbocycles. The molecule has 0 aromatic heterocycles. The number of benzene rings is 2. The van der Waals surface area contributed by atoms with E-state index in [9.17, 15) is 9.59 Å². The maximum absolute atomic E-state index is 12.0. The summed E-state index contributed by atoms with van der Waals surface area (Å²) >= 11 is 0. The number of ether oxygens (including phenoxy) is 1. The number of amides is 2. The Morgan fingerprint density at radius 2 is 1.80 bits per heavy atom. The number of hydrogen-bond donors (Lipinski definition) is 3. The Kier molecular flexibility index (Phi) is 6.83. The highest BCUT2D eigenvalue weighted by Gasteiger charge is 2.05. The van der Waals surface area contributed by atoms with Crippen LogP contribution < -0.4 is 20.7 Å².